The smallest absolute Gasteiger partial charge is 0.356 e. The zero-order chi connectivity index (χ0) is 18.0. The maximum absolute atomic E-state index is 12.4. The SMILES string of the molecule is COC(=O)[C@@]1([C@H](O)c2ccccc2)CC(c2ccc(Cl)cc2Cl)=NO1. The van der Waals surface area contributed by atoms with Gasteiger partial charge in [0.05, 0.1) is 24.3 Å². The van der Waals surface area contributed by atoms with Crippen molar-refractivity contribution in [3.63, 3.8) is 0 Å². The molecule has 2 aromatic carbocycles. The molecule has 1 heterocycles. The second-order valence-corrected chi connectivity index (χ2v) is 6.47. The summed E-state index contributed by atoms with van der Waals surface area (Å²) in [4.78, 5) is 17.9. The molecule has 1 N–H and O–H groups in total. The van der Waals surface area contributed by atoms with E-state index < -0.39 is 17.7 Å². The molecule has 0 unspecified atom stereocenters. The summed E-state index contributed by atoms with van der Waals surface area (Å²) in [7, 11) is 1.23. The summed E-state index contributed by atoms with van der Waals surface area (Å²) in [6, 6.07) is 13.7. The Labute approximate surface area is 154 Å². The molecule has 0 bridgehead atoms. The Morgan fingerprint density at radius 1 is 1.28 bits per heavy atom. The summed E-state index contributed by atoms with van der Waals surface area (Å²) < 4.78 is 4.86. The van der Waals surface area contributed by atoms with Crippen LogP contribution in [0.4, 0.5) is 0 Å². The fourth-order valence-corrected chi connectivity index (χ4v) is 3.28. The van der Waals surface area contributed by atoms with E-state index in [9.17, 15) is 9.90 Å². The van der Waals surface area contributed by atoms with Gasteiger partial charge in [0.2, 0.25) is 0 Å². The first-order chi connectivity index (χ1) is 12.0. The van der Waals surface area contributed by atoms with E-state index in [1.165, 1.54) is 7.11 Å². The summed E-state index contributed by atoms with van der Waals surface area (Å²) in [5.41, 5.74) is -0.139. The van der Waals surface area contributed by atoms with Gasteiger partial charge in [0.25, 0.3) is 5.60 Å². The molecule has 130 valence electrons. The van der Waals surface area contributed by atoms with Crippen LogP contribution in [0.5, 0.6) is 0 Å². The van der Waals surface area contributed by atoms with Crippen molar-refractivity contribution < 1.29 is 19.5 Å². The van der Waals surface area contributed by atoms with E-state index in [0.29, 0.717) is 26.9 Å². The number of ether oxygens (including phenoxy) is 1. The molecule has 0 saturated heterocycles. The van der Waals surface area contributed by atoms with Gasteiger partial charge in [0.15, 0.2) is 0 Å². The average Bonchev–Trinajstić information content (AvgIpc) is 3.07. The lowest BCUT2D eigenvalue weighted by Crippen LogP contribution is -2.45. The molecular weight excluding hydrogens is 365 g/mol. The van der Waals surface area contributed by atoms with Gasteiger partial charge in [0.1, 0.15) is 6.10 Å². The summed E-state index contributed by atoms with van der Waals surface area (Å²) in [6.07, 6.45) is -1.25. The normalized spacial score (nSPS) is 20.6. The molecule has 0 spiro atoms. The van der Waals surface area contributed by atoms with Crippen LogP contribution in [0.3, 0.4) is 0 Å². The number of hydrogen-bond acceptors (Lipinski definition) is 5. The topological polar surface area (TPSA) is 68.1 Å². The highest BCUT2D eigenvalue weighted by atomic mass is 35.5. The molecule has 25 heavy (non-hydrogen) atoms. The number of nitrogens with zero attached hydrogens (tertiary/aromatic N) is 1. The molecule has 5 nitrogen and oxygen atoms in total. The number of aliphatic hydroxyl groups excluding tert-OH is 1. The lowest BCUT2D eigenvalue weighted by atomic mass is 9.85. The zero-order valence-electron chi connectivity index (χ0n) is 13.3. The molecule has 3 rings (SSSR count). The van der Waals surface area contributed by atoms with E-state index in [1.807, 2.05) is 6.07 Å². The highest BCUT2D eigenvalue weighted by Gasteiger charge is 2.54. The maximum Gasteiger partial charge on any atom is 0.356 e. The van der Waals surface area contributed by atoms with E-state index in [0.717, 1.165) is 0 Å². The predicted octanol–water partition coefficient (Wildman–Crippen LogP) is 3.76. The van der Waals surface area contributed by atoms with Crippen molar-refractivity contribution >= 4 is 34.9 Å². The second-order valence-electron chi connectivity index (χ2n) is 5.62. The quantitative estimate of drug-likeness (QED) is 0.821. The van der Waals surface area contributed by atoms with Crippen LogP contribution in [0.25, 0.3) is 0 Å². The standard InChI is InChI=1S/C18H15Cl2NO4/c1-24-17(23)18(16(22)11-5-3-2-4-6-11)10-15(21-25-18)13-8-7-12(19)9-14(13)20/h2-9,16,22H,10H2,1H3/t16-,18+/m1/s1. The Morgan fingerprint density at radius 3 is 2.64 bits per heavy atom. The lowest BCUT2D eigenvalue weighted by molar-refractivity contribution is -0.182. The predicted molar refractivity (Wildman–Crippen MR) is 94.8 cm³/mol. The third-order valence-corrected chi connectivity index (χ3v) is 4.63. The van der Waals surface area contributed by atoms with Crippen LogP contribution in [0.15, 0.2) is 53.7 Å². The zero-order valence-corrected chi connectivity index (χ0v) is 14.8. The van der Waals surface area contributed by atoms with Crippen molar-refractivity contribution in [2.45, 2.75) is 18.1 Å². The Balaban J connectivity index is 1.96. The minimum Gasteiger partial charge on any atom is -0.466 e. The van der Waals surface area contributed by atoms with Crippen LogP contribution in [0.2, 0.25) is 10.0 Å². The number of oxime groups is 1. The molecule has 1 aliphatic rings. The highest BCUT2D eigenvalue weighted by Crippen LogP contribution is 2.40. The summed E-state index contributed by atoms with van der Waals surface area (Å²) in [6.45, 7) is 0. The van der Waals surface area contributed by atoms with E-state index in [4.69, 9.17) is 32.8 Å². The number of carbonyl (C=O) groups excluding carboxylic acids is 1. The summed E-state index contributed by atoms with van der Waals surface area (Å²) >= 11 is 12.1. The number of carbonyl (C=O) groups is 1. The molecule has 0 radical (unpaired) electrons. The van der Waals surface area contributed by atoms with Crippen molar-refractivity contribution in [1.29, 1.82) is 0 Å². The molecular formula is C18H15Cl2NO4. The lowest BCUT2D eigenvalue weighted by Gasteiger charge is -2.29. The van der Waals surface area contributed by atoms with Crippen LogP contribution in [-0.4, -0.2) is 29.5 Å². The molecule has 0 aliphatic carbocycles. The first-order valence-electron chi connectivity index (χ1n) is 7.50. The molecule has 1 aliphatic heterocycles. The Hall–Kier alpha value is -2.08. The van der Waals surface area contributed by atoms with E-state index in [-0.39, 0.29) is 6.42 Å². The molecule has 0 fully saturated rings. The van der Waals surface area contributed by atoms with E-state index in [2.05, 4.69) is 5.16 Å². The van der Waals surface area contributed by atoms with Gasteiger partial charge in [-0.05, 0) is 17.7 Å². The fourth-order valence-electron chi connectivity index (χ4n) is 2.76. The van der Waals surface area contributed by atoms with Gasteiger partial charge in [-0.25, -0.2) is 4.79 Å². The van der Waals surface area contributed by atoms with Crippen LogP contribution < -0.4 is 0 Å². The van der Waals surface area contributed by atoms with E-state index in [1.54, 1.807) is 42.5 Å². The summed E-state index contributed by atoms with van der Waals surface area (Å²) in [5.74, 6) is -0.715. The molecule has 2 atom stereocenters. The Morgan fingerprint density at radius 2 is 2.00 bits per heavy atom. The number of benzene rings is 2. The van der Waals surface area contributed by atoms with Crippen molar-refractivity contribution in [3.8, 4) is 0 Å². The minimum absolute atomic E-state index is 0.0110. The van der Waals surface area contributed by atoms with Gasteiger partial charge in [-0.3, -0.25) is 0 Å². The highest BCUT2D eigenvalue weighted by molar-refractivity contribution is 6.37. The number of aliphatic hydroxyl groups is 1. The van der Waals surface area contributed by atoms with Gasteiger partial charge in [-0.15, -0.1) is 0 Å². The van der Waals surface area contributed by atoms with Crippen LogP contribution in [0, 0.1) is 0 Å². The van der Waals surface area contributed by atoms with Gasteiger partial charge >= 0.3 is 5.97 Å². The Bertz CT molecular complexity index is 825. The molecule has 0 amide bonds. The van der Waals surface area contributed by atoms with Gasteiger partial charge < -0.3 is 14.7 Å². The summed E-state index contributed by atoms with van der Waals surface area (Å²) in [5, 5.41) is 15.7. The van der Waals surface area contributed by atoms with Crippen LogP contribution in [-0.2, 0) is 14.4 Å². The maximum atomic E-state index is 12.4. The van der Waals surface area contributed by atoms with Gasteiger partial charge in [-0.1, -0.05) is 64.8 Å². The second kappa shape index (κ2) is 7.04. The van der Waals surface area contributed by atoms with Crippen LogP contribution >= 0.6 is 23.2 Å². The first kappa shape index (κ1) is 17.7. The van der Waals surface area contributed by atoms with Crippen LogP contribution in [0.1, 0.15) is 23.7 Å². The Kier molecular flexibility index (Phi) is 4.99. The van der Waals surface area contributed by atoms with E-state index >= 15 is 0 Å². The molecule has 0 aromatic heterocycles. The van der Waals surface area contributed by atoms with Crippen molar-refractivity contribution in [2.24, 2.45) is 5.16 Å². The van der Waals surface area contributed by atoms with Crippen molar-refractivity contribution in [2.75, 3.05) is 7.11 Å². The third-order valence-electron chi connectivity index (χ3n) is 4.08. The molecule has 0 saturated carbocycles. The molecule has 2 aromatic rings. The largest absolute Gasteiger partial charge is 0.466 e. The number of hydrogen-bond donors (Lipinski definition) is 1. The number of methoxy groups -OCH3 is 1. The van der Waals surface area contributed by atoms with Crippen molar-refractivity contribution in [1.82, 2.24) is 0 Å². The fraction of sp³-hybridized carbons (Fsp3) is 0.222. The molecule has 7 heteroatoms. The number of esters is 1. The number of halogens is 2. The third kappa shape index (κ3) is 3.23. The first-order valence-corrected chi connectivity index (χ1v) is 8.25. The monoisotopic (exact) mass is 379 g/mol. The average molecular weight is 380 g/mol. The van der Waals surface area contributed by atoms with Crippen molar-refractivity contribution in [3.05, 3.63) is 69.7 Å². The number of rotatable bonds is 4. The van der Waals surface area contributed by atoms with Gasteiger partial charge in [-0.2, -0.15) is 0 Å². The minimum atomic E-state index is -1.67. The van der Waals surface area contributed by atoms with Gasteiger partial charge in [0, 0.05) is 10.6 Å².